The van der Waals surface area contributed by atoms with E-state index in [1.54, 1.807) is 0 Å². The van der Waals surface area contributed by atoms with Gasteiger partial charge in [-0.3, -0.25) is 0 Å². The number of anilines is 2. The first-order valence-corrected chi connectivity index (χ1v) is 10.2. The number of hydrogen-bond acceptors (Lipinski definition) is 8. The Morgan fingerprint density at radius 2 is 2.00 bits per heavy atom. The number of rotatable bonds is 4. The van der Waals surface area contributed by atoms with Crippen LogP contribution in [0.2, 0.25) is 0 Å². The van der Waals surface area contributed by atoms with Gasteiger partial charge in [-0.15, -0.1) is 10.2 Å². The summed E-state index contributed by atoms with van der Waals surface area (Å²) in [5.74, 6) is -0.183. The van der Waals surface area contributed by atoms with E-state index in [0.717, 1.165) is 5.69 Å². The van der Waals surface area contributed by atoms with Crippen molar-refractivity contribution in [2.75, 3.05) is 16.8 Å². The Morgan fingerprint density at radius 1 is 1.27 bits per heavy atom. The van der Waals surface area contributed by atoms with E-state index < -0.39 is 15.9 Å². The molecule has 1 aliphatic heterocycles. The summed E-state index contributed by atoms with van der Waals surface area (Å²) in [7, 11) is -3.14. The van der Waals surface area contributed by atoms with E-state index in [1.807, 2.05) is 31.2 Å². The molecule has 2 atom stereocenters. The molecule has 1 aliphatic rings. The molecule has 0 aliphatic carbocycles. The van der Waals surface area contributed by atoms with Crippen LogP contribution in [-0.2, 0) is 9.84 Å². The van der Waals surface area contributed by atoms with Gasteiger partial charge in [-0.2, -0.15) is 0 Å². The van der Waals surface area contributed by atoms with E-state index in [2.05, 4.69) is 15.5 Å². The number of aryl methyl sites for hydroxylation is 1. The van der Waals surface area contributed by atoms with Crippen LogP contribution in [0.5, 0.6) is 0 Å². The van der Waals surface area contributed by atoms with E-state index in [-0.39, 0.29) is 16.8 Å². The summed E-state index contributed by atoms with van der Waals surface area (Å²) in [4.78, 5) is 0. The summed E-state index contributed by atoms with van der Waals surface area (Å²) in [6, 6.07) is 7.91. The lowest BCUT2D eigenvalue weighted by atomic mass is 10.2. The monoisotopic (exact) mass is 357 g/mol. The number of aliphatic hydroxyl groups is 1. The lowest BCUT2D eigenvalue weighted by molar-refractivity contribution is 0.207. The first-order valence-electron chi connectivity index (χ1n) is 6.64. The third-order valence-electron chi connectivity index (χ3n) is 3.23. The van der Waals surface area contributed by atoms with Gasteiger partial charge in [0.05, 0.1) is 22.9 Å². The average Bonchev–Trinajstić information content (AvgIpc) is 2.97. The summed E-state index contributed by atoms with van der Waals surface area (Å²) in [6.45, 7) is 2.02. The highest BCUT2D eigenvalue weighted by Crippen LogP contribution is 2.34. The number of nitrogens with zero attached hydrogens (tertiary/aromatic N) is 2. The maximum atomic E-state index is 11.5. The van der Waals surface area contributed by atoms with Crippen LogP contribution in [0.3, 0.4) is 0 Å². The number of nitrogens with one attached hydrogen (secondary N) is 1. The second-order valence-electron chi connectivity index (χ2n) is 5.16. The summed E-state index contributed by atoms with van der Waals surface area (Å²) in [5, 5.41) is 21.3. The minimum Gasteiger partial charge on any atom is -0.391 e. The second-order valence-corrected chi connectivity index (χ2v) is 9.78. The fourth-order valence-corrected chi connectivity index (χ4v) is 6.63. The van der Waals surface area contributed by atoms with Crippen molar-refractivity contribution in [3.05, 3.63) is 29.8 Å². The van der Waals surface area contributed by atoms with Crippen molar-refractivity contribution in [3.63, 3.8) is 0 Å². The minimum atomic E-state index is -3.14. The molecule has 0 spiro atoms. The molecule has 2 N–H and O–H groups in total. The molecule has 0 bridgehead atoms. The van der Waals surface area contributed by atoms with Gasteiger partial charge in [0, 0.05) is 5.69 Å². The smallest absolute Gasteiger partial charge is 0.210 e. The number of thioether (sulfide) groups is 1. The van der Waals surface area contributed by atoms with E-state index in [0.29, 0.717) is 9.47 Å². The summed E-state index contributed by atoms with van der Waals surface area (Å²) < 4.78 is 23.6. The summed E-state index contributed by atoms with van der Waals surface area (Å²) in [6.07, 6.45) is -0.840. The molecule has 1 aromatic heterocycles. The summed E-state index contributed by atoms with van der Waals surface area (Å²) in [5.41, 5.74) is 2.09. The molecular formula is C13H15N3O3S3. The quantitative estimate of drug-likeness (QED) is 0.862. The third-order valence-corrected chi connectivity index (χ3v) is 7.40. The Bertz CT molecular complexity index is 758. The fourth-order valence-electron chi connectivity index (χ4n) is 2.11. The van der Waals surface area contributed by atoms with E-state index in [4.69, 9.17) is 0 Å². The van der Waals surface area contributed by atoms with Gasteiger partial charge in [0.15, 0.2) is 14.2 Å². The van der Waals surface area contributed by atoms with E-state index in [1.165, 1.54) is 28.7 Å². The molecule has 6 nitrogen and oxygen atoms in total. The fraction of sp³-hybridized carbons (Fsp3) is 0.385. The largest absolute Gasteiger partial charge is 0.391 e. The Labute approximate surface area is 136 Å². The zero-order chi connectivity index (χ0) is 15.7. The molecule has 0 radical (unpaired) electrons. The molecule has 22 heavy (non-hydrogen) atoms. The number of sulfone groups is 1. The molecule has 1 fully saturated rings. The number of aliphatic hydroxyl groups excluding tert-OH is 1. The predicted molar refractivity (Wildman–Crippen MR) is 88.7 cm³/mol. The molecule has 3 rings (SSSR count). The standard InChI is InChI=1S/C13H15N3O3S3/c1-8-2-4-9(5-3-8)14-12-15-16-13(21-12)20-11-7-22(18,19)6-10(11)17/h2-5,10-11,17H,6-7H2,1H3,(H,14,15)/t10-,11+/m0/s1. The molecule has 1 aromatic carbocycles. The number of hydrogen-bond donors (Lipinski definition) is 2. The highest BCUT2D eigenvalue weighted by Gasteiger charge is 2.37. The van der Waals surface area contributed by atoms with Crippen molar-refractivity contribution in [3.8, 4) is 0 Å². The van der Waals surface area contributed by atoms with E-state index >= 15 is 0 Å². The zero-order valence-corrected chi connectivity index (χ0v) is 14.2. The predicted octanol–water partition coefficient (Wildman–Crippen LogP) is 1.84. The van der Waals surface area contributed by atoms with Crippen LogP contribution in [0, 0.1) is 6.92 Å². The highest BCUT2D eigenvalue weighted by atomic mass is 32.2. The van der Waals surface area contributed by atoms with Crippen LogP contribution in [0.4, 0.5) is 10.8 Å². The first-order chi connectivity index (χ1) is 10.4. The highest BCUT2D eigenvalue weighted by molar-refractivity contribution is 8.03. The zero-order valence-electron chi connectivity index (χ0n) is 11.8. The van der Waals surface area contributed by atoms with Gasteiger partial charge in [-0.1, -0.05) is 40.8 Å². The second kappa shape index (κ2) is 6.15. The van der Waals surface area contributed by atoms with Crippen molar-refractivity contribution < 1.29 is 13.5 Å². The SMILES string of the molecule is Cc1ccc(Nc2nnc(S[C@@H]3CS(=O)(=O)C[C@@H]3O)s2)cc1. The minimum absolute atomic E-state index is 0.0147. The van der Waals surface area contributed by atoms with Crippen LogP contribution in [0.15, 0.2) is 28.6 Å². The molecule has 2 aromatic rings. The molecule has 2 heterocycles. The molecule has 0 saturated carbocycles. The van der Waals surface area contributed by atoms with Gasteiger partial charge < -0.3 is 10.4 Å². The van der Waals surface area contributed by atoms with Crippen molar-refractivity contribution in [1.82, 2.24) is 10.2 Å². The van der Waals surface area contributed by atoms with Crippen LogP contribution in [0.25, 0.3) is 0 Å². The van der Waals surface area contributed by atoms with Crippen LogP contribution >= 0.6 is 23.1 Å². The van der Waals surface area contributed by atoms with Crippen molar-refractivity contribution in [1.29, 1.82) is 0 Å². The Kier molecular flexibility index (Phi) is 4.40. The van der Waals surface area contributed by atoms with Crippen molar-refractivity contribution in [2.24, 2.45) is 0 Å². The topological polar surface area (TPSA) is 92.2 Å². The lowest BCUT2D eigenvalue weighted by Gasteiger charge is -2.08. The van der Waals surface area contributed by atoms with Gasteiger partial charge in [-0.25, -0.2) is 8.42 Å². The Morgan fingerprint density at radius 3 is 2.64 bits per heavy atom. The van der Waals surface area contributed by atoms with Crippen molar-refractivity contribution in [2.45, 2.75) is 22.6 Å². The van der Waals surface area contributed by atoms with Gasteiger partial charge in [0.25, 0.3) is 0 Å². The molecular weight excluding hydrogens is 342 g/mol. The maximum Gasteiger partial charge on any atom is 0.210 e. The summed E-state index contributed by atoms with van der Waals surface area (Å²) >= 11 is 2.62. The van der Waals surface area contributed by atoms with Crippen LogP contribution < -0.4 is 5.32 Å². The maximum absolute atomic E-state index is 11.5. The number of aromatic nitrogens is 2. The van der Waals surface area contributed by atoms with Crippen molar-refractivity contribution >= 4 is 43.8 Å². The molecule has 0 amide bonds. The molecule has 1 saturated heterocycles. The number of benzene rings is 1. The van der Waals surface area contributed by atoms with Gasteiger partial charge in [0.1, 0.15) is 0 Å². The normalized spacial score (nSPS) is 23.5. The van der Waals surface area contributed by atoms with Crippen LogP contribution in [0.1, 0.15) is 5.56 Å². The average molecular weight is 357 g/mol. The molecule has 118 valence electrons. The van der Waals surface area contributed by atoms with E-state index in [9.17, 15) is 13.5 Å². The van der Waals surface area contributed by atoms with Gasteiger partial charge in [0.2, 0.25) is 5.13 Å². The van der Waals surface area contributed by atoms with Crippen LogP contribution in [-0.4, -0.2) is 46.6 Å². The Hall–Kier alpha value is -1.16. The Balaban J connectivity index is 1.65. The first kappa shape index (κ1) is 15.7. The van der Waals surface area contributed by atoms with Gasteiger partial charge >= 0.3 is 0 Å². The lowest BCUT2D eigenvalue weighted by Crippen LogP contribution is -2.19. The molecule has 9 heteroatoms. The van der Waals surface area contributed by atoms with Gasteiger partial charge in [-0.05, 0) is 19.1 Å². The molecule has 0 unspecified atom stereocenters. The third kappa shape index (κ3) is 3.78.